The number of ether oxygens (including phenoxy) is 1. The molecule has 4 aromatic rings. The van der Waals surface area contributed by atoms with Crippen LogP contribution in [0.1, 0.15) is 6.92 Å². The SMILES string of the molecule is CCOC(=O)Cn1c2ccccc2c2nc3ccccc3cc21. The molecule has 0 amide bonds. The molecule has 114 valence electrons. The number of pyridine rings is 1. The van der Waals surface area contributed by atoms with Crippen LogP contribution in [-0.2, 0) is 16.1 Å². The lowest BCUT2D eigenvalue weighted by atomic mass is 10.2. The fourth-order valence-electron chi connectivity index (χ4n) is 3.05. The molecule has 4 nitrogen and oxygen atoms in total. The molecule has 0 saturated carbocycles. The van der Waals surface area contributed by atoms with Crippen LogP contribution in [0.15, 0.2) is 54.6 Å². The van der Waals surface area contributed by atoms with Crippen molar-refractivity contribution >= 4 is 38.8 Å². The van der Waals surface area contributed by atoms with Gasteiger partial charge in [0, 0.05) is 10.8 Å². The molecule has 0 atom stereocenters. The average molecular weight is 304 g/mol. The number of esters is 1. The van der Waals surface area contributed by atoms with Gasteiger partial charge in [0.25, 0.3) is 0 Å². The highest BCUT2D eigenvalue weighted by atomic mass is 16.5. The van der Waals surface area contributed by atoms with Gasteiger partial charge in [-0.1, -0.05) is 36.4 Å². The fraction of sp³-hybridized carbons (Fsp3) is 0.158. The smallest absolute Gasteiger partial charge is 0.325 e. The fourth-order valence-corrected chi connectivity index (χ4v) is 3.05. The Morgan fingerprint density at radius 3 is 2.74 bits per heavy atom. The number of hydrogen-bond acceptors (Lipinski definition) is 3. The summed E-state index contributed by atoms with van der Waals surface area (Å²) < 4.78 is 7.11. The monoisotopic (exact) mass is 304 g/mol. The average Bonchev–Trinajstić information content (AvgIpc) is 2.87. The molecule has 0 fully saturated rings. The highest BCUT2D eigenvalue weighted by molar-refractivity contribution is 6.09. The Morgan fingerprint density at radius 1 is 1.09 bits per heavy atom. The molecule has 4 rings (SSSR count). The standard InChI is InChI=1S/C19H16N2O2/c1-2-23-18(22)12-21-16-10-6-4-8-14(16)19-17(21)11-13-7-3-5-9-15(13)20-19/h3-11H,2,12H2,1H3. The molecular formula is C19H16N2O2. The number of para-hydroxylation sites is 2. The molecule has 0 saturated heterocycles. The number of carbonyl (C=O) groups excluding carboxylic acids is 1. The van der Waals surface area contributed by atoms with Crippen LogP contribution in [0.3, 0.4) is 0 Å². The highest BCUT2D eigenvalue weighted by Gasteiger charge is 2.15. The lowest BCUT2D eigenvalue weighted by Crippen LogP contribution is -2.13. The Morgan fingerprint density at radius 2 is 1.87 bits per heavy atom. The van der Waals surface area contributed by atoms with Crippen LogP contribution >= 0.6 is 0 Å². The van der Waals surface area contributed by atoms with Gasteiger partial charge in [0.15, 0.2) is 0 Å². The van der Waals surface area contributed by atoms with Crippen molar-refractivity contribution in [2.75, 3.05) is 6.61 Å². The van der Waals surface area contributed by atoms with E-state index < -0.39 is 0 Å². The summed E-state index contributed by atoms with van der Waals surface area (Å²) in [6, 6.07) is 18.1. The number of benzene rings is 2. The first-order valence-corrected chi connectivity index (χ1v) is 7.70. The van der Waals surface area contributed by atoms with Gasteiger partial charge in [0.05, 0.1) is 28.7 Å². The topological polar surface area (TPSA) is 44.1 Å². The van der Waals surface area contributed by atoms with Gasteiger partial charge in [-0.3, -0.25) is 4.79 Å². The minimum atomic E-state index is -0.233. The molecule has 0 spiro atoms. The van der Waals surface area contributed by atoms with Crippen LogP contribution in [0.5, 0.6) is 0 Å². The Bertz CT molecular complexity index is 1030. The van der Waals surface area contributed by atoms with E-state index >= 15 is 0 Å². The van der Waals surface area contributed by atoms with Gasteiger partial charge in [-0.15, -0.1) is 0 Å². The first-order chi connectivity index (χ1) is 11.3. The molecule has 23 heavy (non-hydrogen) atoms. The van der Waals surface area contributed by atoms with Crippen molar-refractivity contribution in [1.82, 2.24) is 9.55 Å². The summed E-state index contributed by atoms with van der Waals surface area (Å²) in [7, 11) is 0. The summed E-state index contributed by atoms with van der Waals surface area (Å²) in [5.41, 5.74) is 3.83. The van der Waals surface area contributed by atoms with Crippen molar-refractivity contribution < 1.29 is 9.53 Å². The Balaban J connectivity index is 2.04. The van der Waals surface area contributed by atoms with Crippen molar-refractivity contribution in [2.24, 2.45) is 0 Å². The van der Waals surface area contributed by atoms with Crippen molar-refractivity contribution in [3.63, 3.8) is 0 Å². The zero-order chi connectivity index (χ0) is 15.8. The minimum absolute atomic E-state index is 0.192. The minimum Gasteiger partial charge on any atom is -0.465 e. The first kappa shape index (κ1) is 13.8. The molecule has 0 aliphatic heterocycles. The zero-order valence-electron chi connectivity index (χ0n) is 12.8. The maximum atomic E-state index is 12.0. The number of nitrogens with zero attached hydrogens (tertiary/aromatic N) is 2. The third kappa shape index (κ3) is 2.23. The van der Waals surface area contributed by atoms with E-state index in [9.17, 15) is 4.79 Å². The molecule has 0 aliphatic rings. The largest absolute Gasteiger partial charge is 0.465 e. The van der Waals surface area contributed by atoms with Gasteiger partial charge >= 0.3 is 5.97 Å². The van der Waals surface area contributed by atoms with Crippen LogP contribution in [-0.4, -0.2) is 22.1 Å². The second-order valence-electron chi connectivity index (χ2n) is 5.46. The summed E-state index contributed by atoms with van der Waals surface area (Å²) in [4.78, 5) is 16.8. The normalized spacial score (nSPS) is 11.3. The van der Waals surface area contributed by atoms with E-state index in [0.717, 1.165) is 32.8 Å². The number of carbonyl (C=O) groups is 1. The third-order valence-corrected chi connectivity index (χ3v) is 4.04. The molecule has 0 N–H and O–H groups in total. The zero-order valence-corrected chi connectivity index (χ0v) is 12.8. The van der Waals surface area contributed by atoms with Gasteiger partial charge in [-0.2, -0.15) is 0 Å². The van der Waals surface area contributed by atoms with Gasteiger partial charge in [-0.25, -0.2) is 4.98 Å². The second kappa shape index (κ2) is 5.39. The predicted molar refractivity (Wildman–Crippen MR) is 91.4 cm³/mol. The van der Waals surface area contributed by atoms with Crippen molar-refractivity contribution in [1.29, 1.82) is 0 Å². The molecule has 2 aromatic carbocycles. The first-order valence-electron chi connectivity index (χ1n) is 7.70. The predicted octanol–water partition coefficient (Wildman–Crippen LogP) is 3.91. The van der Waals surface area contributed by atoms with Crippen LogP contribution in [0.2, 0.25) is 0 Å². The Labute approximate surface area is 133 Å². The van der Waals surface area contributed by atoms with E-state index in [1.54, 1.807) is 0 Å². The van der Waals surface area contributed by atoms with E-state index in [4.69, 9.17) is 9.72 Å². The lowest BCUT2D eigenvalue weighted by Gasteiger charge is -2.07. The van der Waals surface area contributed by atoms with E-state index in [-0.39, 0.29) is 12.5 Å². The van der Waals surface area contributed by atoms with E-state index in [1.165, 1.54) is 0 Å². The van der Waals surface area contributed by atoms with Crippen molar-refractivity contribution in [3.8, 4) is 0 Å². The molecular weight excluding hydrogens is 288 g/mol. The highest BCUT2D eigenvalue weighted by Crippen LogP contribution is 2.30. The van der Waals surface area contributed by atoms with E-state index in [2.05, 4.69) is 6.07 Å². The van der Waals surface area contributed by atoms with Crippen LogP contribution in [0, 0.1) is 0 Å². The molecule has 4 heteroatoms. The number of rotatable bonds is 3. The summed E-state index contributed by atoms with van der Waals surface area (Å²) in [5, 5.41) is 2.12. The van der Waals surface area contributed by atoms with Gasteiger partial charge < -0.3 is 9.30 Å². The van der Waals surface area contributed by atoms with Crippen LogP contribution < -0.4 is 0 Å². The summed E-state index contributed by atoms with van der Waals surface area (Å²) >= 11 is 0. The lowest BCUT2D eigenvalue weighted by molar-refractivity contribution is -0.143. The number of hydrogen-bond donors (Lipinski definition) is 0. The van der Waals surface area contributed by atoms with Crippen molar-refractivity contribution in [3.05, 3.63) is 54.6 Å². The number of fused-ring (bicyclic) bond motifs is 4. The van der Waals surface area contributed by atoms with E-state index in [1.807, 2.05) is 60.0 Å². The maximum absolute atomic E-state index is 12.0. The van der Waals surface area contributed by atoms with E-state index in [0.29, 0.717) is 6.61 Å². The maximum Gasteiger partial charge on any atom is 0.325 e. The van der Waals surface area contributed by atoms with Gasteiger partial charge in [-0.05, 0) is 25.1 Å². The second-order valence-corrected chi connectivity index (χ2v) is 5.46. The number of aromatic nitrogens is 2. The molecule has 0 aliphatic carbocycles. The quantitative estimate of drug-likeness (QED) is 0.539. The Kier molecular flexibility index (Phi) is 3.23. The molecule has 2 aromatic heterocycles. The molecule has 2 heterocycles. The summed E-state index contributed by atoms with van der Waals surface area (Å²) in [6.07, 6.45) is 0. The van der Waals surface area contributed by atoms with Gasteiger partial charge in [0.1, 0.15) is 6.54 Å². The summed E-state index contributed by atoms with van der Waals surface area (Å²) in [6.45, 7) is 2.40. The third-order valence-electron chi connectivity index (χ3n) is 4.04. The van der Waals surface area contributed by atoms with Crippen LogP contribution in [0.4, 0.5) is 0 Å². The van der Waals surface area contributed by atoms with Crippen molar-refractivity contribution in [2.45, 2.75) is 13.5 Å². The molecule has 0 radical (unpaired) electrons. The molecule has 0 bridgehead atoms. The van der Waals surface area contributed by atoms with Crippen LogP contribution in [0.25, 0.3) is 32.8 Å². The molecule has 0 unspecified atom stereocenters. The van der Waals surface area contributed by atoms with Gasteiger partial charge in [0.2, 0.25) is 0 Å². The Hall–Kier alpha value is -2.88. The summed E-state index contributed by atoms with van der Waals surface area (Å²) in [5.74, 6) is -0.233.